The lowest BCUT2D eigenvalue weighted by atomic mass is 10.00. The van der Waals surface area contributed by atoms with Gasteiger partial charge >= 0.3 is 0 Å². The van der Waals surface area contributed by atoms with E-state index in [-0.39, 0.29) is 11.4 Å². The fourth-order valence-corrected chi connectivity index (χ4v) is 1.80. The summed E-state index contributed by atoms with van der Waals surface area (Å²) in [4.78, 5) is 15.3. The second-order valence-electron chi connectivity index (χ2n) is 4.73. The molecule has 82 valence electrons. The standard InChI is InChI=1S/C10H21N3O/c1-10(2)8-13(5-4-9(11)14)7-6-12(10)3/h4-8H2,1-3H3,(H2,11,14). The number of amides is 1. The fraction of sp³-hybridized carbons (Fsp3) is 0.900. The van der Waals surface area contributed by atoms with Crippen LogP contribution in [0.2, 0.25) is 0 Å². The van der Waals surface area contributed by atoms with Crippen molar-refractivity contribution in [3.05, 3.63) is 0 Å². The zero-order valence-corrected chi connectivity index (χ0v) is 9.42. The van der Waals surface area contributed by atoms with E-state index < -0.39 is 0 Å². The van der Waals surface area contributed by atoms with E-state index in [0.29, 0.717) is 6.42 Å². The summed E-state index contributed by atoms with van der Waals surface area (Å²) in [6, 6.07) is 0. The molecule has 0 spiro atoms. The zero-order valence-electron chi connectivity index (χ0n) is 9.42. The average molecular weight is 199 g/mol. The molecule has 0 bridgehead atoms. The molecule has 1 amide bonds. The normalized spacial score (nSPS) is 23.6. The highest BCUT2D eigenvalue weighted by atomic mass is 16.1. The number of carbonyl (C=O) groups excluding carboxylic acids is 1. The number of piperazine rings is 1. The predicted molar refractivity (Wildman–Crippen MR) is 57.0 cm³/mol. The predicted octanol–water partition coefficient (Wildman–Crippen LogP) is -0.112. The second kappa shape index (κ2) is 4.28. The Morgan fingerprint density at radius 2 is 2.07 bits per heavy atom. The number of hydrogen-bond donors (Lipinski definition) is 1. The van der Waals surface area contributed by atoms with Gasteiger partial charge in [0.15, 0.2) is 0 Å². The highest BCUT2D eigenvalue weighted by Gasteiger charge is 2.30. The van der Waals surface area contributed by atoms with Crippen molar-refractivity contribution in [2.75, 3.05) is 33.2 Å². The van der Waals surface area contributed by atoms with Crippen LogP contribution in [0, 0.1) is 0 Å². The van der Waals surface area contributed by atoms with Crippen molar-refractivity contribution in [1.29, 1.82) is 0 Å². The van der Waals surface area contributed by atoms with Crippen LogP contribution in [-0.2, 0) is 4.79 Å². The number of likely N-dealkylation sites (N-methyl/N-ethyl adjacent to an activating group) is 1. The Morgan fingerprint density at radius 3 is 2.57 bits per heavy atom. The van der Waals surface area contributed by atoms with Gasteiger partial charge < -0.3 is 5.73 Å². The Kier molecular flexibility index (Phi) is 3.50. The molecule has 0 atom stereocenters. The third kappa shape index (κ3) is 2.96. The molecule has 1 aliphatic rings. The molecule has 2 N–H and O–H groups in total. The first-order valence-electron chi connectivity index (χ1n) is 5.14. The molecule has 0 aliphatic carbocycles. The first-order chi connectivity index (χ1) is 6.42. The van der Waals surface area contributed by atoms with Gasteiger partial charge in [-0.3, -0.25) is 14.6 Å². The van der Waals surface area contributed by atoms with E-state index in [1.807, 2.05) is 0 Å². The van der Waals surface area contributed by atoms with Gasteiger partial charge in [0.25, 0.3) is 0 Å². The van der Waals surface area contributed by atoms with Gasteiger partial charge in [0, 0.05) is 38.1 Å². The van der Waals surface area contributed by atoms with Crippen LogP contribution in [0.15, 0.2) is 0 Å². The molecule has 1 heterocycles. The van der Waals surface area contributed by atoms with Crippen LogP contribution < -0.4 is 5.73 Å². The summed E-state index contributed by atoms with van der Waals surface area (Å²) in [5.74, 6) is -0.207. The lowest BCUT2D eigenvalue weighted by molar-refractivity contribution is -0.118. The van der Waals surface area contributed by atoms with Crippen molar-refractivity contribution < 1.29 is 4.79 Å². The molecule has 1 aliphatic heterocycles. The van der Waals surface area contributed by atoms with E-state index in [1.54, 1.807) is 0 Å². The van der Waals surface area contributed by atoms with Crippen molar-refractivity contribution in [1.82, 2.24) is 9.80 Å². The number of nitrogens with zero attached hydrogens (tertiary/aromatic N) is 2. The van der Waals surface area contributed by atoms with Crippen LogP contribution in [0.4, 0.5) is 0 Å². The summed E-state index contributed by atoms with van der Waals surface area (Å²) >= 11 is 0. The zero-order chi connectivity index (χ0) is 10.8. The van der Waals surface area contributed by atoms with E-state index in [4.69, 9.17) is 5.73 Å². The lowest BCUT2D eigenvalue weighted by Gasteiger charge is -2.45. The summed E-state index contributed by atoms with van der Waals surface area (Å²) in [7, 11) is 2.14. The van der Waals surface area contributed by atoms with E-state index in [1.165, 1.54) is 0 Å². The summed E-state index contributed by atoms with van der Waals surface area (Å²) in [5.41, 5.74) is 5.33. The van der Waals surface area contributed by atoms with E-state index in [2.05, 4.69) is 30.7 Å². The van der Waals surface area contributed by atoms with Crippen LogP contribution in [0.1, 0.15) is 20.3 Å². The minimum absolute atomic E-state index is 0.204. The molecule has 0 unspecified atom stereocenters. The second-order valence-corrected chi connectivity index (χ2v) is 4.73. The van der Waals surface area contributed by atoms with Gasteiger partial charge in [-0.05, 0) is 20.9 Å². The lowest BCUT2D eigenvalue weighted by Crippen LogP contribution is -2.57. The molecule has 4 nitrogen and oxygen atoms in total. The highest BCUT2D eigenvalue weighted by molar-refractivity contribution is 5.73. The van der Waals surface area contributed by atoms with Crippen LogP contribution in [0.3, 0.4) is 0 Å². The Morgan fingerprint density at radius 1 is 1.43 bits per heavy atom. The molecule has 0 aromatic carbocycles. The molecule has 0 radical (unpaired) electrons. The van der Waals surface area contributed by atoms with Gasteiger partial charge in [0.1, 0.15) is 0 Å². The molecular weight excluding hydrogens is 178 g/mol. The SMILES string of the molecule is CN1CCN(CCC(N)=O)CC1(C)C. The number of nitrogens with two attached hydrogens (primary N) is 1. The Hall–Kier alpha value is -0.610. The third-order valence-corrected chi connectivity index (χ3v) is 3.07. The molecular formula is C10H21N3O. The van der Waals surface area contributed by atoms with E-state index in [9.17, 15) is 4.79 Å². The van der Waals surface area contributed by atoms with Crippen LogP contribution >= 0.6 is 0 Å². The van der Waals surface area contributed by atoms with Crippen molar-refractivity contribution in [3.8, 4) is 0 Å². The Balaban J connectivity index is 2.39. The van der Waals surface area contributed by atoms with Gasteiger partial charge in [-0.1, -0.05) is 0 Å². The maximum Gasteiger partial charge on any atom is 0.218 e. The largest absolute Gasteiger partial charge is 0.370 e. The minimum Gasteiger partial charge on any atom is -0.370 e. The molecule has 0 aromatic heterocycles. The van der Waals surface area contributed by atoms with Gasteiger partial charge in [0.2, 0.25) is 5.91 Å². The number of primary amides is 1. The molecule has 0 saturated carbocycles. The van der Waals surface area contributed by atoms with E-state index in [0.717, 1.165) is 26.2 Å². The van der Waals surface area contributed by atoms with Gasteiger partial charge in [-0.25, -0.2) is 0 Å². The minimum atomic E-state index is -0.207. The summed E-state index contributed by atoms with van der Waals surface area (Å²) < 4.78 is 0. The maximum absolute atomic E-state index is 10.7. The number of hydrogen-bond acceptors (Lipinski definition) is 3. The molecule has 1 rings (SSSR count). The monoisotopic (exact) mass is 199 g/mol. The average Bonchev–Trinajstić information content (AvgIpc) is 2.07. The number of rotatable bonds is 3. The quantitative estimate of drug-likeness (QED) is 0.690. The topological polar surface area (TPSA) is 49.6 Å². The van der Waals surface area contributed by atoms with Gasteiger partial charge in [0.05, 0.1) is 0 Å². The number of carbonyl (C=O) groups is 1. The summed E-state index contributed by atoms with van der Waals surface area (Å²) in [6.45, 7) is 8.36. The smallest absolute Gasteiger partial charge is 0.218 e. The van der Waals surface area contributed by atoms with Gasteiger partial charge in [-0.15, -0.1) is 0 Å². The molecule has 14 heavy (non-hydrogen) atoms. The molecule has 1 saturated heterocycles. The summed E-state index contributed by atoms with van der Waals surface area (Å²) in [5, 5.41) is 0. The van der Waals surface area contributed by atoms with Crippen LogP contribution in [0.5, 0.6) is 0 Å². The van der Waals surface area contributed by atoms with Gasteiger partial charge in [-0.2, -0.15) is 0 Å². The van der Waals surface area contributed by atoms with Crippen LogP contribution in [0.25, 0.3) is 0 Å². The Bertz CT molecular complexity index is 215. The molecule has 0 aromatic rings. The fourth-order valence-electron chi connectivity index (χ4n) is 1.80. The summed E-state index contributed by atoms with van der Waals surface area (Å²) in [6.07, 6.45) is 0.472. The van der Waals surface area contributed by atoms with E-state index >= 15 is 0 Å². The third-order valence-electron chi connectivity index (χ3n) is 3.07. The van der Waals surface area contributed by atoms with Crippen molar-refractivity contribution in [2.24, 2.45) is 5.73 Å². The first kappa shape index (κ1) is 11.5. The van der Waals surface area contributed by atoms with Crippen molar-refractivity contribution >= 4 is 5.91 Å². The van der Waals surface area contributed by atoms with Crippen molar-refractivity contribution in [2.45, 2.75) is 25.8 Å². The van der Waals surface area contributed by atoms with Crippen molar-refractivity contribution in [3.63, 3.8) is 0 Å². The Labute approximate surface area is 86.0 Å². The molecule has 1 fully saturated rings. The maximum atomic E-state index is 10.7. The highest BCUT2D eigenvalue weighted by Crippen LogP contribution is 2.18. The first-order valence-corrected chi connectivity index (χ1v) is 5.14. The molecule has 4 heteroatoms. The van der Waals surface area contributed by atoms with Crippen LogP contribution in [-0.4, -0.2) is 54.5 Å².